The topological polar surface area (TPSA) is 38.7 Å². The molecule has 0 spiro atoms. The minimum absolute atomic E-state index is 0. The molecule has 0 saturated heterocycles. The fraction of sp³-hybridized carbons (Fsp3) is 0.0581. The van der Waals surface area contributed by atoms with Crippen LogP contribution in [0.3, 0.4) is 0 Å². The molecule has 14 aromatic rings. The third-order valence-corrected chi connectivity index (χ3v) is 16.9. The van der Waals surface area contributed by atoms with Crippen molar-refractivity contribution >= 4 is 0 Å². The average molecular weight is 1330 g/mol. The van der Waals surface area contributed by atoms with Crippen LogP contribution in [0.15, 0.2) is 310 Å². The second-order valence-corrected chi connectivity index (χ2v) is 22.8. The molecule has 3 heterocycles. The Morgan fingerprint density at radius 1 is 0.267 bits per heavy atom. The molecular formula is C86H62IrN3. The summed E-state index contributed by atoms with van der Waals surface area (Å²) in [5, 5.41) is 0. The molecule has 0 atom stereocenters. The van der Waals surface area contributed by atoms with Crippen molar-refractivity contribution in [3.63, 3.8) is 0 Å². The first-order chi connectivity index (χ1) is 44.0. The molecule has 3 nitrogen and oxygen atoms in total. The fourth-order valence-corrected chi connectivity index (χ4v) is 12.3. The number of benzene rings is 11. The smallest absolute Gasteiger partial charge is 0.305 e. The summed E-state index contributed by atoms with van der Waals surface area (Å²) in [4.78, 5) is 14.4. The quantitative estimate of drug-likeness (QED) is 0.0853. The monoisotopic (exact) mass is 1330 g/mol. The van der Waals surface area contributed by atoms with Gasteiger partial charge < -0.3 is 15.0 Å². The Kier molecular flexibility index (Phi) is 17.7. The first kappa shape index (κ1) is 58.5. The van der Waals surface area contributed by atoms with Crippen LogP contribution < -0.4 is 0 Å². The van der Waals surface area contributed by atoms with Gasteiger partial charge in [-0.15, -0.1) is 82.4 Å². The fourth-order valence-electron chi connectivity index (χ4n) is 12.3. The maximum atomic E-state index is 4.88. The van der Waals surface area contributed by atoms with E-state index in [1.807, 2.05) is 42.9 Å². The molecule has 0 aliphatic heterocycles. The normalized spacial score (nSPS) is 11.0. The summed E-state index contributed by atoms with van der Waals surface area (Å²) >= 11 is 0. The van der Waals surface area contributed by atoms with E-state index in [0.717, 1.165) is 92.8 Å². The van der Waals surface area contributed by atoms with Crippen LogP contribution in [0.4, 0.5) is 0 Å². The van der Waals surface area contributed by atoms with Gasteiger partial charge in [0.15, 0.2) is 0 Å². The van der Waals surface area contributed by atoms with Crippen molar-refractivity contribution < 1.29 is 20.1 Å². The number of rotatable bonds is 17. The van der Waals surface area contributed by atoms with Gasteiger partial charge in [-0.2, -0.15) is 0 Å². The van der Waals surface area contributed by atoms with Crippen LogP contribution in [0.2, 0.25) is 0 Å². The van der Waals surface area contributed by atoms with E-state index in [4.69, 9.17) is 15.0 Å². The van der Waals surface area contributed by atoms with E-state index >= 15 is 0 Å². The van der Waals surface area contributed by atoms with Crippen LogP contribution >= 0.6 is 0 Å². The van der Waals surface area contributed by atoms with Crippen molar-refractivity contribution in [2.24, 2.45) is 0 Å². The average Bonchev–Trinajstić information content (AvgIpc) is 1.12. The number of nitrogens with zero attached hydrogens (tertiary/aromatic N) is 3. The second-order valence-electron chi connectivity index (χ2n) is 22.8. The largest absolute Gasteiger partial charge is 3.00 e. The summed E-state index contributed by atoms with van der Waals surface area (Å²) in [5.41, 5.74) is 30.3. The molecule has 0 fully saturated rings. The molecule has 90 heavy (non-hydrogen) atoms. The summed E-state index contributed by atoms with van der Waals surface area (Å²) in [6.45, 7) is 2.08. The van der Waals surface area contributed by atoms with Crippen LogP contribution in [0.5, 0.6) is 0 Å². The van der Waals surface area contributed by atoms with Gasteiger partial charge in [-0.1, -0.05) is 271 Å². The molecule has 430 valence electrons. The first-order valence-electron chi connectivity index (χ1n) is 30.6. The van der Waals surface area contributed by atoms with Crippen molar-refractivity contribution in [2.45, 2.75) is 32.6 Å². The standard InChI is InChI=1S/C86H62N3.Ir/c1-60-33-48-86(89-59-60)76-46-47-80(83(58-76)69-40-38-66(39-41-69)63-19-5-2-6-20-63)79-30-12-11-29-78(79)77-52-61(34-36-67-42-44-74(84-31-13-15-49-87-84)56-81(67)72-27-17-25-70(54-72)64-21-7-3-8-22-64)51-62(53-77)35-37-68-43-45-75(85-32-14-16-50-88-85)57-82(68)73-28-18-26-71(55-73)65-23-9-4-10-24-65;/h2-33,38-43,47-59H,34-37H2,1H3;/q-3;+3. The molecule has 0 bridgehead atoms. The first-order valence-corrected chi connectivity index (χ1v) is 30.6. The summed E-state index contributed by atoms with van der Waals surface area (Å²) in [6, 6.07) is 116. The zero-order chi connectivity index (χ0) is 59.7. The molecule has 3 aromatic heterocycles. The Hall–Kier alpha value is -10.5. The van der Waals surface area contributed by atoms with Crippen LogP contribution in [0.25, 0.3) is 123 Å². The molecule has 0 aliphatic rings. The van der Waals surface area contributed by atoms with E-state index in [2.05, 4.69) is 292 Å². The summed E-state index contributed by atoms with van der Waals surface area (Å²) in [7, 11) is 0. The predicted octanol–water partition coefficient (Wildman–Crippen LogP) is 21.5. The number of hydrogen-bond donors (Lipinski definition) is 0. The summed E-state index contributed by atoms with van der Waals surface area (Å²) in [5.74, 6) is 0. The Morgan fingerprint density at radius 2 is 0.689 bits per heavy atom. The van der Waals surface area contributed by atoms with Gasteiger partial charge >= 0.3 is 20.1 Å². The van der Waals surface area contributed by atoms with E-state index in [-0.39, 0.29) is 20.1 Å². The second kappa shape index (κ2) is 27.3. The molecular weight excluding hydrogens is 1270 g/mol. The predicted molar refractivity (Wildman–Crippen MR) is 369 cm³/mol. The van der Waals surface area contributed by atoms with Crippen molar-refractivity contribution in [1.82, 2.24) is 15.0 Å². The van der Waals surface area contributed by atoms with E-state index in [1.54, 1.807) is 0 Å². The SMILES string of the molecule is Cc1ccc(-c2[c-]cc(-c3ccccc3-c3cc(CCc4c[c-]c(-c5ccccn5)cc4-c4cccc(-c5ccccc5)c4)cc(CCc4c[c-]c(-c5ccccn5)cc4-c4cccc(-c5ccccc5)c4)c3)c(-c3ccc(-c4ccccc4)cc3)c2)nc1.[Ir+3]. The molecule has 0 amide bonds. The maximum Gasteiger partial charge on any atom is 3.00 e. The van der Waals surface area contributed by atoms with E-state index in [0.29, 0.717) is 0 Å². The zero-order valence-corrected chi connectivity index (χ0v) is 52.3. The van der Waals surface area contributed by atoms with Gasteiger partial charge in [0.2, 0.25) is 0 Å². The molecule has 14 rings (SSSR count). The minimum atomic E-state index is 0. The van der Waals surface area contributed by atoms with Gasteiger partial charge in [0, 0.05) is 18.6 Å². The molecule has 0 saturated carbocycles. The van der Waals surface area contributed by atoms with Crippen molar-refractivity contribution in [1.29, 1.82) is 0 Å². The molecule has 0 aliphatic carbocycles. The minimum Gasteiger partial charge on any atom is -0.305 e. The maximum absolute atomic E-state index is 4.88. The molecule has 0 N–H and O–H groups in total. The Bertz CT molecular complexity index is 4550. The number of hydrogen-bond acceptors (Lipinski definition) is 3. The van der Waals surface area contributed by atoms with Crippen molar-refractivity contribution in [3.8, 4) is 123 Å². The van der Waals surface area contributed by atoms with E-state index < -0.39 is 0 Å². The number of aryl methyl sites for hydroxylation is 5. The molecule has 11 aromatic carbocycles. The molecule has 4 heteroatoms. The third-order valence-electron chi connectivity index (χ3n) is 16.9. The van der Waals surface area contributed by atoms with Crippen LogP contribution in [-0.4, -0.2) is 15.0 Å². The number of aromatic nitrogens is 3. The Labute approximate surface area is 542 Å². The Morgan fingerprint density at radius 3 is 1.19 bits per heavy atom. The van der Waals surface area contributed by atoms with Gasteiger partial charge in [0.25, 0.3) is 0 Å². The van der Waals surface area contributed by atoms with Gasteiger partial charge in [0.05, 0.1) is 0 Å². The number of pyridine rings is 3. The van der Waals surface area contributed by atoms with Gasteiger partial charge in [0.1, 0.15) is 0 Å². The van der Waals surface area contributed by atoms with Gasteiger partial charge in [-0.05, 0) is 139 Å². The van der Waals surface area contributed by atoms with Crippen molar-refractivity contribution in [2.75, 3.05) is 0 Å². The van der Waals surface area contributed by atoms with E-state index in [1.165, 1.54) is 83.5 Å². The van der Waals surface area contributed by atoms with E-state index in [9.17, 15) is 0 Å². The summed E-state index contributed by atoms with van der Waals surface area (Å²) in [6.07, 6.45) is 8.86. The van der Waals surface area contributed by atoms with Crippen LogP contribution in [-0.2, 0) is 45.8 Å². The molecule has 0 radical (unpaired) electrons. The van der Waals surface area contributed by atoms with Crippen molar-refractivity contribution in [3.05, 3.63) is 356 Å². The van der Waals surface area contributed by atoms with Gasteiger partial charge in [-0.25, -0.2) is 0 Å². The molecule has 0 unspecified atom stereocenters. The van der Waals surface area contributed by atoms with Gasteiger partial charge in [-0.3, -0.25) is 0 Å². The summed E-state index contributed by atoms with van der Waals surface area (Å²) < 4.78 is 0. The van der Waals surface area contributed by atoms with Crippen LogP contribution in [0.1, 0.15) is 27.8 Å². The third kappa shape index (κ3) is 13.2. The Balaban J connectivity index is 0.00000743. The zero-order valence-electron chi connectivity index (χ0n) is 49.9. The van der Waals surface area contributed by atoms with Crippen LogP contribution in [0, 0.1) is 25.1 Å².